The molecule has 3 aromatic rings. The summed E-state index contributed by atoms with van der Waals surface area (Å²) >= 11 is 0. The van der Waals surface area contributed by atoms with Crippen molar-refractivity contribution in [3.8, 4) is 16.9 Å². The Morgan fingerprint density at radius 3 is 2.09 bits per heavy atom. The minimum atomic E-state index is -3.08. The lowest BCUT2D eigenvalue weighted by Crippen LogP contribution is -2.38. The quantitative estimate of drug-likeness (QED) is 0.294. The van der Waals surface area contributed by atoms with Gasteiger partial charge in [-0.25, -0.2) is 8.78 Å². The predicted octanol–water partition coefficient (Wildman–Crippen LogP) is 5.71. The second kappa shape index (κ2) is 10.2. The number of hydrogen-bond donors (Lipinski definition) is 3. The number of carbonyl (C=O) groups excluding carboxylic acids is 2. The number of halogens is 2. The minimum Gasteiger partial charge on any atom is -0.496 e. The molecule has 0 aliphatic heterocycles. The van der Waals surface area contributed by atoms with Crippen LogP contribution in [0.5, 0.6) is 5.75 Å². The summed E-state index contributed by atoms with van der Waals surface area (Å²) in [5.41, 5.74) is 1.68. The third kappa shape index (κ3) is 5.83. The summed E-state index contributed by atoms with van der Waals surface area (Å²) in [5, 5.41) is 13.1. The topological polar surface area (TPSA) is 91.3 Å². The Balaban J connectivity index is 1.82. The molecule has 3 N–H and O–H groups in total. The van der Waals surface area contributed by atoms with E-state index in [4.69, 9.17) is 10.1 Å². The first-order valence-corrected chi connectivity index (χ1v) is 10.5. The summed E-state index contributed by atoms with van der Waals surface area (Å²) in [6.45, 7) is 2.09. The molecule has 3 rings (SSSR count). The van der Waals surface area contributed by atoms with Crippen LogP contribution >= 0.6 is 0 Å². The Morgan fingerprint density at radius 1 is 0.912 bits per heavy atom. The molecule has 0 aliphatic carbocycles. The van der Waals surface area contributed by atoms with Gasteiger partial charge in [0.1, 0.15) is 5.75 Å². The van der Waals surface area contributed by atoms with Gasteiger partial charge in [-0.3, -0.25) is 9.59 Å². The summed E-state index contributed by atoms with van der Waals surface area (Å²) in [5.74, 6) is -5.44. The van der Waals surface area contributed by atoms with Gasteiger partial charge in [-0.15, -0.1) is 0 Å². The number of amides is 2. The zero-order chi connectivity index (χ0) is 24.9. The average Bonchev–Trinajstić information content (AvgIpc) is 2.79. The van der Waals surface area contributed by atoms with E-state index in [1.807, 2.05) is 30.3 Å². The molecule has 6 nitrogen and oxygen atoms in total. The highest BCUT2D eigenvalue weighted by Gasteiger charge is 2.30. The molecule has 0 saturated heterocycles. The molecule has 2 amide bonds. The van der Waals surface area contributed by atoms with E-state index in [0.29, 0.717) is 11.4 Å². The second-order valence-electron chi connectivity index (χ2n) is 7.84. The van der Waals surface area contributed by atoms with Crippen LogP contribution in [0.15, 0.2) is 72.8 Å². The lowest BCUT2D eigenvalue weighted by Gasteiger charge is -2.18. The molecule has 0 saturated carbocycles. The Labute approximate surface area is 196 Å². The van der Waals surface area contributed by atoms with Gasteiger partial charge in [0.25, 0.3) is 5.92 Å². The van der Waals surface area contributed by atoms with Crippen LogP contribution < -0.4 is 15.4 Å². The van der Waals surface area contributed by atoms with E-state index in [1.165, 1.54) is 25.1 Å². The van der Waals surface area contributed by atoms with Gasteiger partial charge >= 0.3 is 0 Å². The SMILES string of the molecule is COc1ccc(NC(=O)C(C(C)=N)C(=O)Nc2cccc(C(C)(F)F)c2)cc1-c1ccccc1. The molecule has 0 bridgehead atoms. The van der Waals surface area contributed by atoms with Crippen molar-refractivity contribution < 1.29 is 23.1 Å². The summed E-state index contributed by atoms with van der Waals surface area (Å²) < 4.78 is 32.7. The van der Waals surface area contributed by atoms with Gasteiger partial charge in [-0.2, -0.15) is 0 Å². The molecule has 176 valence electrons. The number of rotatable bonds is 8. The molecular weight excluding hydrogens is 440 g/mol. The van der Waals surface area contributed by atoms with Gasteiger partial charge < -0.3 is 20.8 Å². The first kappa shape index (κ1) is 24.6. The molecule has 34 heavy (non-hydrogen) atoms. The first-order chi connectivity index (χ1) is 16.1. The van der Waals surface area contributed by atoms with Crippen molar-refractivity contribution in [2.45, 2.75) is 19.8 Å². The summed E-state index contributed by atoms with van der Waals surface area (Å²) in [7, 11) is 1.54. The van der Waals surface area contributed by atoms with Crippen molar-refractivity contribution in [2.24, 2.45) is 5.92 Å². The highest BCUT2D eigenvalue weighted by molar-refractivity contribution is 6.24. The molecule has 0 aliphatic rings. The molecule has 0 aromatic heterocycles. The van der Waals surface area contributed by atoms with Gasteiger partial charge in [0, 0.05) is 35.1 Å². The van der Waals surface area contributed by atoms with Crippen LogP contribution in [0, 0.1) is 11.3 Å². The fourth-order valence-electron chi connectivity index (χ4n) is 3.44. The van der Waals surface area contributed by atoms with Crippen LogP contribution in [0.4, 0.5) is 20.2 Å². The summed E-state index contributed by atoms with van der Waals surface area (Å²) in [6.07, 6.45) is 0. The maximum absolute atomic E-state index is 13.6. The monoisotopic (exact) mass is 465 g/mol. The standard InChI is InChI=1S/C26H25F2N3O3/c1-16(29)23(24(32)30-19-11-7-10-18(14-19)26(2,27)28)25(33)31-20-12-13-22(34-3)21(15-20)17-8-5-4-6-9-17/h4-15,23,29H,1-3H3,(H,30,32)(H,31,33). The number of alkyl halides is 2. The smallest absolute Gasteiger partial charge is 0.270 e. The lowest BCUT2D eigenvalue weighted by atomic mass is 10.0. The van der Waals surface area contributed by atoms with E-state index in [2.05, 4.69) is 10.6 Å². The van der Waals surface area contributed by atoms with Crippen molar-refractivity contribution in [1.29, 1.82) is 5.41 Å². The Bertz CT molecular complexity index is 1210. The van der Waals surface area contributed by atoms with Gasteiger partial charge in [-0.1, -0.05) is 42.5 Å². The van der Waals surface area contributed by atoms with Crippen LogP contribution in [-0.2, 0) is 15.5 Å². The third-order valence-corrected chi connectivity index (χ3v) is 5.15. The molecule has 0 spiro atoms. The maximum Gasteiger partial charge on any atom is 0.270 e. The molecule has 8 heteroatoms. The molecule has 1 atom stereocenters. The maximum atomic E-state index is 13.6. The van der Waals surface area contributed by atoms with Crippen molar-refractivity contribution in [3.05, 3.63) is 78.4 Å². The number of nitrogens with one attached hydrogen (secondary N) is 3. The van der Waals surface area contributed by atoms with Crippen molar-refractivity contribution >= 4 is 28.9 Å². The highest BCUT2D eigenvalue weighted by atomic mass is 19.3. The molecular formula is C26H25F2N3O3. The highest BCUT2D eigenvalue weighted by Crippen LogP contribution is 2.33. The van der Waals surface area contributed by atoms with E-state index in [1.54, 1.807) is 25.3 Å². The van der Waals surface area contributed by atoms with Crippen LogP contribution in [-0.4, -0.2) is 24.6 Å². The average molecular weight is 466 g/mol. The van der Waals surface area contributed by atoms with Crippen LogP contribution in [0.3, 0.4) is 0 Å². The van der Waals surface area contributed by atoms with Gasteiger partial charge in [0.2, 0.25) is 11.8 Å². The van der Waals surface area contributed by atoms with Gasteiger partial charge in [-0.05, 0) is 42.8 Å². The zero-order valence-electron chi connectivity index (χ0n) is 19.0. The first-order valence-electron chi connectivity index (χ1n) is 10.5. The van der Waals surface area contributed by atoms with Crippen molar-refractivity contribution in [2.75, 3.05) is 17.7 Å². The number of carbonyl (C=O) groups is 2. The van der Waals surface area contributed by atoms with E-state index in [-0.39, 0.29) is 17.0 Å². The van der Waals surface area contributed by atoms with E-state index in [0.717, 1.165) is 24.1 Å². The zero-order valence-corrected chi connectivity index (χ0v) is 19.0. The van der Waals surface area contributed by atoms with Crippen LogP contribution in [0.2, 0.25) is 0 Å². The van der Waals surface area contributed by atoms with Crippen molar-refractivity contribution in [1.82, 2.24) is 0 Å². The number of ether oxygens (including phenoxy) is 1. The number of methoxy groups -OCH3 is 1. The Hall–Kier alpha value is -4.07. The van der Waals surface area contributed by atoms with E-state index < -0.39 is 23.7 Å². The van der Waals surface area contributed by atoms with E-state index >= 15 is 0 Å². The fourth-order valence-corrected chi connectivity index (χ4v) is 3.44. The molecule has 0 radical (unpaired) electrons. The molecule has 3 aromatic carbocycles. The molecule has 0 fully saturated rings. The summed E-state index contributed by atoms with van der Waals surface area (Å²) in [6, 6.07) is 19.7. The lowest BCUT2D eigenvalue weighted by molar-refractivity contribution is -0.126. The third-order valence-electron chi connectivity index (χ3n) is 5.15. The number of anilines is 2. The fraction of sp³-hybridized carbons (Fsp3) is 0.192. The van der Waals surface area contributed by atoms with Gasteiger partial charge in [0.15, 0.2) is 5.92 Å². The predicted molar refractivity (Wildman–Crippen MR) is 129 cm³/mol. The summed E-state index contributed by atoms with van der Waals surface area (Å²) in [4.78, 5) is 25.8. The molecule has 1 unspecified atom stereocenters. The van der Waals surface area contributed by atoms with Crippen LogP contribution in [0.1, 0.15) is 19.4 Å². The second-order valence-corrected chi connectivity index (χ2v) is 7.84. The Kier molecular flexibility index (Phi) is 7.40. The van der Waals surface area contributed by atoms with E-state index in [9.17, 15) is 18.4 Å². The number of benzene rings is 3. The number of hydrogen-bond acceptors (Lipinski definition) is 4. The van der Waals surface area contributed by atoms with Crippen molar-refractivity contribution in [3.63, 3.8) is 0 Å². The molecule has 0 heterocycles. The van der Waals surface area contributed by atoms with Gasteiger partial charge in [0.05, 0.1) is 7.11 Å². The minimum absolute atomic E-state index is 0.110. The largest absolute Gasteiger partial charge is 0.496 e. The normalized spacial score (nSPS) is 11.9. The van der Waals surface area contributed by atoms with Crippen LogP contribution in [0.25, 0.3) is 11.1 Å². The Morgan fingerprint density at radius 2 is 1.53 bits per heavy atom.